The van der Waals surface area contributed by atoms with Crippen molar-refractivity contribution >= 4 is 11.0 Å². The molecule has 2 saturated heterocycles. The first kappa shape index (κ1) is 19.6. The van der Waals surface area contributed by atoms with Crippen molar-refractivity contribution < 1.29 is 0 Å². The lowest BCUT2D eigenvalue weighted by Crippen LogP contribution is -2.38. The van der Waals surface area contributed by atoms with Crippen LogP contribution in [0.3, 0.4) is 0 Å². The van der Waals surface area contributed by atoms with E-state index in [4.69, 9.17) is 4.98 Å². The van der Waals surface area contributed by atoms with Gasteiger partial charge in [0.1, 0.15) is 5.82 Å². The van der Waals surface area contributed by atoms with Crippen LogP contribution in [-0.2, 0) is 0 Å². The molecule has 1 aromatic carbocycles. The van der Waals surface area contributed by atoms with Crippen LogP contribution in [0.4, 0.5) is 0 Å². The summed E-state index contributed by atoms with van der Waals surface area (Å²) < 4.78 is 2.64. The van der Waals surface area contributed by atoms with Gasteiger partial charge in [-0.1, -0.05) is 44.2 Å². The number of nitrogens with zero attached hydrogens (tertiary/aromatic N) is 3. The molecular weight excluding hydrogens is 356 g/mol. The molecule has 0 amide bonds. The molecule has 0 bridgehead atoms. The number of likely N-dealkylation sites (tertiary alicyclic amines) is 1. The summed E-state index contributed by atoms with van der Waals surface area (Å²) in [5, 5.41) is 3.55. The molecule has 29 heavy (non-hydrogen) atoms. The van der Waals surface area contributed by atoms with E-state index < -0.39 is 0 Å². The number of hydrogen-bond acceptors (Lipinski definition) is 3. The van der Waals surface area contributed by atoms with Gasteiger partial charge in [0.2, 0.25) is 0 Å². The van der Waals surface area contributed by atoms with E-state index in [1.807, 2.05) is 0 Å². The van der Waals surface area contributed by atoms with Crippen molar-refractivity contribution in [2.45, 2.75) is 76.2 Å². The van der Waals surface area contributed by atoms with Crippen molar-refractivity contribution in [3.8, 4) is 0 Å². The van der Waals surface area contributed by atoms with Gasteiger partial charge in [-0.05, 0) is 56.7 Å². The highest BCUT2D eigenvalue weighted by Crippen LogP contribution is 2.34. The summed E-state index contributed by atoms with van der Waals surface area (Å²) in [5.41, 5.74) is 2.54. The number of benzene rings is 1. The van der Waals surface area contributed by atoms with Gasteiger partial charge in [-0.15, -0.1) is 0 Å². The molecular formula is C25H38N4. The van der Waals surface area contributed by atoms with E-state index in [0.717, 1.165) is 19.0 Å². The summed E-state index contributed by atoms with van der Waals surface area (Å²) in [6, 6.07) is 9.41. The highest BCUT2D eigenvalue weighted by Gasteiger charge is 2.29. The molecule has 5 rings (SSSR count). The maximum Gasteiger partial charge on any atom is 0.114 e. The largest absolute Gasteiger partial charge is 0.324 e. The van der Waals surface area contributed by atoms with Crippen LogP contribution in [0, 0.1) is 5.92 Å². The number of para-hydroxylation sites is 2. The molecule has 1 saturated carbocycles. The Morgan fingerprint density at radius 3 is 2.41 bits per heavy atom. The Morgan fingerprint density at radius 1 is 0.897 bits per heavy atom. The summed E-state index contributed by atoms with van der Waals surface area (Å²) in [7, 11) is 0. The summed E-state index contributed by atoms with van der Waals surface area (Å²) in [6.45, 7) is 6.08. The lowest BCUT2D eigenvalue weighted by molar-refractivity contribution is 0.151. The van der Waals surface area contributed by atoms with Crippen LogP contribution in [0.1, 0.15) is 82.0 Å². The first-order valence-electron chi connectivity index (χ1n) is 12.3. The maximum atomic E-state index is 5.11. The Kier molecular flexibility index (Phi) is 6.19. The van der Waals surface area contributed by atoms with Crippen LogP contribution in [0.25, 0.3) is 11.0 Å². The zero-order valence-electron chi connectivity index (χ0n) is 18.0. The maximum absolute atomic E-state index is 5.11. The average Bonchev–Trinajstić information content (AvgIpc) is 3.38. The molecule has 2 aromatic rings. The van der Waals surface area contributed by atoms with Crippen LogP contribution >= 0.6 is 0 Å². The minimum atomic E-state index is 0.579. The van der Waals surface area contributed by atoms with Crippen LogP contribution in [0.2, 0.25) is 0 Å². The van der Waals surface area contributed by atoms with Gasteiger partial charge < -0.3 is 14.8 Å². The number of imidazole rings is 1. The summed E-state index contributed by atoms with van der Waals surface area (Å²) in [4.78, 5) is 7.89. The Balaban J connectivity index is 1.28. The number of hydrogen-bond donors (Lipinski definition) is 1. The van der Waals surface area contributed by atoms with Crippen molar-refractivity contribution in [1.82, 2.24) is 19.8 Å². The second kappa shape index (κ2) is 9.18. The Hall–Kier alpha value is -1.39. The SMILES string of the molecule is c1ccc2c(c1)nc(C1CCNC1)n2C1CCN(CC2CCCCCCC2)CC1. The van der Waals surface area contributed by atoms with Crippen LogP contribution in [0.5, 0.6) is 0 Å². The fourth-order valence-electron chi connectivity index (χ4n) is 6.06. The van der Waals surface area contributed by atoms with Gasteiger partial charge in [0, 0.05) is 38.1 Å². The standard InChI is InChI=1S/C25H38N4/c1-2-4-8-20(9-5-3-1)19-28-16-13-22(14-17-28)29-24-11-7-6-10-23(24)27-25(29)21-12-15-26-18-21/h6-7,10-11,20-22,26H,1-5,8-9,12-19H2. The number of piperidine rings is 1. The van der Waals surface area contributed by atoms with Crippen molar-refractivity contribution in [1.29, 1.82) is 0 Å². The molecule has 0 radical (unpaired) electrons. The second-order valence-electron chi connectivity index (χ2n) is 9.76. The van der Waals surface area contributed by atoms with Crippen molar-refractivity contribution in [3.63, 3.8) is 0 Å². The van der Waals surface area contributed by atoms with Crippen molar-refractivity contribution in [2.75, 3.05) is 32.7 Å². The quantitative estimate of drug-likeness (QED) is 0.782. The number of aromatic nitrogens is 2. The molecule has 3 heterocycles. The van der Waals surface area contributed by atoms with E-state index in [1.165, 1.54) is 101 Å². The van der Waals surface area contributed by atoms with E-state index in [-0.39, 0.29) is 0 Å². The number of rotatable bonds is 4. The van der Waals surface area contributed by atoms with Gasteiger partial charge in [0.15, 0.2) is 0 Å². The van der Waals surface area contributed by atoms with E-state index in [2.05, 4.69) is 39.0 Å². The van der Waals surface area contributed by atoms with E-state index in [9.17, 15) is 0 Å². The topological polar surface area (TPSA) is 33.1 Å². The monoisotopic (exact) mass is 394 g/mol. The first-order valence-corrected chi connectivity index (χ1v) is 12.3. The molecule has 1 N–H and O–H groups in total. The van der Waals surface area contributed by atoms with Gasteiger partial charge in [0.25, 0.3) is 0 Å². The fourth-order valence-corrected chi connectivity index (χ4v) is 6.06. The van der Waals surface area contributed by atoms with E-state index >= 15 is 0 Å². The summed E-state index contributed by atoms with van der Waals surface area (Å²) in [6.07, 6.45) is 14.0. The van der Waals surface area contributed by atoms with Gasteiger partial charge in [-0.3, -0.25) is 0 Å². The normalized spacial score (nSPS) is 26.0. The zero-order valence-corrected chi connectivity index (χ0v) is 18.0. The minimum Gasteiger partial charge on any atom is -0.324 e. The van der Waals surface area contributed by atoms with Gasteiger partial charge in [0.05, 0.1) is 11.0 Å². The zero-order chi connectivity index (χ0) is 19.5. The molecule has 1 aliphatic carbocycles. The fraction of sp³-hybridized carbons (Fsp3) is 0.720. The molecule has 0 spiro atoms. The molecule has 1 unspecified atom stereocenters. The van der Waals surface area contributed by atoms with Crippen LogP contribution in [0.15, 0.2) is 24.3 Å². The molecule has 1 aromatic heterocycles. The minimum absolute atomic E-state index is 0.579. The molecule has 4 nitrogen and oxygen atoms in total. The molecule has 3 aliphatic rings. The number of nitrogens with one attached hydrogen (secondary N) is 1. The molecule has 158 valence electrons. The van der Waals surface area contributed by atoms with Crippen molar-refractivity contribution in [3.05, 3.63) is 30.1 Å². The highest BCUT2D eigenvalue weighted by molar-refractivity contribution is 5.76. The highest BCUT2D eigenvalue weighted by atomic mass is 15.2. The lowest BCUT2D eigenvalue weighted by Gasteiger charge is -2.36. The van der Waals surface area contributed by atoms with E-state index in [0.29, 0.717) is 12.0 Å². The second-order valence-corrected chi connectivity index (χ2v) is 9.76. The molecule has 4 heteroatoms. The smallest absolute Gasteiger partial charge is 0.114 e. The van der Waals surface area contributed by atoms with Gasteiger partial charge >= 0.3 is 0 Å². The third kappa shape index (κ3) is 4.39. The first-order chi connectivity index (χ1) is 14.4. The number of fused-ring (bicyclic) bond motifs is 1. The predicted molar refractivity (Wildman–Crippen MR) is 120 cm³/mol. The average molecular weight is 395 g/mol. The molecule has 2 aliphatic heterocycles. The van der Waals surface area contributed by atoms with Gasteiger partial charge in [-0.2, -0.15) is 0 Å². The Morgan fingerprint density at radius 2 is 1.66 bits per heavy atom. The molecule has 1 atom stereocenters. The van der Waals surface area contributed by atoms with Gasteiger partial charge in [-0.25, -0.2) is 4.98 Å². The van der Waals surface area contributed by atoms with Crippen LogP contribution < -0.4 is 5.32 Å². The van der Waals surface area contributed by atoms with E-state index in [1.54, 1.807) is 0 Å². The lowest BCUT2D eigenvalue weighted by atomic mass is 9.90. The third-order valence-electron chi connectivity index (χ3n) is 7.71. The predicted octanol–water partition coefficient (Wildman–Crippen LogP) is 5.11. The summed E-state index contributed by atoms with van der Waals surface area (Å²) in [5.74, 6) is 2.87. The third-order valence-corrected chi connectivity index (χ3v) is 7.71. The van der Waals surface area contributed by atoms with Crippen LogP contribution in [-0.4, -0.2) is 47.2 Å². The van der Waals surface area contributed by atoms with Crippen molar-refractivity contribution in [2.24, 2.45) is 5.92 Å². The molecule has 3 fully saturated rings. The Labute approximate surface area is 176 Å². The summed E-state index contributed by atoms with van der Waals surface area (Å²) >= 11 is 0. The Bertz CT molecular complexity index is 775.